The number of amides is 1. The molecule has 1 aromatic rings. The van der Waals surface area contributed by atoms with Crippen molar-refractivity contribution in [1.29, 1.82) is 0 Å². The molecule has 17 heavy (non-hydrogen) atoms. The highest BCUT2D eigenvalue weighted by Crippen LogP contribution is 2.29. The maximum Gasteiger partial charge on any atom is 0.234 e. The molecule has 1 aromatic carbocycles. The molecule has 0 heterocycles. The van der Waals surface area contributed by atoms with E-state index in [-0.39, 0.29) is 5.91 Å². The van der Waals surface area contributed by atoms with Crippen molar-refractivity contribution < 1.29 is 4.79 Å². The van der Waals surface area contributed by atoms with Gasteiger partial charge in [-0.1, -0.05) is 29.3 Å². The van der Waals surface area contributed by atoms with Gasteiger partial charge in [-0.05, 0) is 30.9 Å². The van der Waals surface area contributed by atoms with Gasteiger partial charge in [0, 0.05) is 0 Å². The van der Waals surface area contributed by atoms with Crippen LogP contribution in [0.1, 0.15) is 6.42 Å². The van der Waals surface area contributed by atoms with Crippen LogP contribution in [0.3, 0.4) is 0 Å². The van der Waals surface area contributed by atoms with Crippen LogP contribution in [0.25, 0.3) is 0 Å². The first-order chi connectivity index (χ1) is 8.15. The second-order valence-electron chi connectivity index (χ2n) is 3.34. The molecule has 0 unspecified atom stereocenters. The Morgan fingerprint density at radius 3 is 2.59 bits per heavy atom. The number of para-hydroxylation sites is 1. The van der Waals surface area contributed by atoms with Crippen LogP contribution in [0.4, 0.5) is 5.69 Å². The van der Waals surface area contributed by atoms with E-state index in [4.69, 9.17) is 28.9 Å². The normalized spacial score (nSPS) is 10.3. The SMILES string of the molecule is NCCCSCC(=O)Nc1c(Cl)cccc1Cl. The molecule has 0 aromatic heterocycles. The Morgan fingerprint density at radius 1 is 1.35 bits per heavy atom. The number of rotatable bonds is 6. The van der Waals surface area contributed by atoms with Crippen LogP contribution in [-0.4, -0.2) is 24.0 Å². The van der Waals surface area contributed by atoms with Crippen molar-refractivity contribution in [2.24, 2.45) is 5.73 Å². The quantitative estimate of drug-likeness (QED) is 0.793. The van der Waals surface area contributed by atoms with Crippen molar-refractivity contribution in [3.8, 4) is 0 Å². The van der Waals surface area contributed by atoms with Crippen LogP contribution >= 0.6 is 35.0 Å². The summed E-state index contributed by atoms with van der Waals surface area (Å²) in [6, 6.07) is 5.10. The minimum atomic E-state index is -0.109. The summed E-state index contributed by atoms with van der Waals surface area (Å²) in [5, 5.41) is 3.59. The first kappa shape index (κ1) is 14.6. The molecular weight excluding hydrogens is 279 g/mol. The summed E-state index contributed by atoms with van der Waals surface area (Å²) in [5.74, 6) is 1.14. The molecule has 1 amide bonds. The topological polar surface area (TPSA) is 55.1 Å². The largest absolute Gasteiger partial charge is 0.330 e. The van der Waals surface area contributed by atoms with Crippen molar-refractivity contribution in [3.05, 3.63) is 28.2 Å². The second kappa shape index (κ2) is 7.82. The molecule has 0 aliphatic carbocycles. The summed E-state index contributed by atoms with van der Waals surface area (Å²) in [6.45, 7) is 0.644. The van der Waals surface area contributed by atoms with E-state index >= 15 is 0 Å². The van der Waals surface area contributed by atoms with Crippen molar-refractivity contribution in [2.45, 2.75) is 6.42 Å². The van der Waals surface area contributed by atoms with E-state index in [1.165, 1.54) is 11.8 Å². The van der Waals surface area contributed by atoms with Gasteiger partial charge in [0.2, 0.25) is 5.91 Å². The van der Waals surface area contributed by atoms with Gasteiger partial charge in [0.05, 0.1) is 21.5 Å². The highest BCUT2D eigenvalue weighted by atomic mass is 35.5. The summed E-state index contributed by atoms with van der Waals surface area (Å²) in [7, 11) is 0. The highest BCUT2D eigenvalue weighted by Gasteiger charge is 2.09. The average Bonchev–Trinajstić information content (AvgIpc) is 2.30. The van der Waals surface area contributed by atoms with Crippen molar-refractivity contribution >= 4 is 46.6 Å². The van der Waals surface area contributed by atoms with Gasteiger partial charge in [-0.25, -0.2) is 0 Å². The van der Waals surface area contributed by atoms with Crippen molar-refractivity contribution in [2.75, 3.05) is 23.4 Å². The minimum Gasteiger partial charge on any atom is -0.330 e. The van der Waals surface area contributed by atoms with Gasteiger partial charge in [0.1, 0.15) is 0 Å². The number of anilines is 1. The van der Waals surface area contributed by atoms with E-state index in [0.29, 0.717) is 28.0 Å². The summed E-state index contributed by atoms with van der Waals surface area (Å²) in [4.78, 5) is 11.6. The monoisotopic (exact) mass is 292 g/mol. The van der Waals surface area contributed by atoms with E-state index < -0.39 is 0 Å². The zero-order valence-corrected chi connectivity index (χ0v) is 11.5. The number of hydrogen-bond acceptors (Lipinski definition) is 3. The Morgan fingerprint density at radius 2 is 2.00 bits per heavy atom. The standard InChI is InChI=1S/C11H14Cl2N2OS/c12-8-3-1-4-9(13)11(8)15-10(16)7-17-6-2-5-14/h1,3-4H,2,5-7,14H2,(H,15,16). The Bertz CT molecular complexity index is 367. The van der Waals surface area contributed by atoms with Crippen LogP contribution in [0.15, 0.2) is 18.2 Å². The van der Waals surface area contributed by atoms with Crippen LogP contribution < -0.4 is 11.1 Å². The van der Waals surface area contributed by atoms with Gasteiger partial charge in [-0.2, -0.15) is 11.8 Å². The van der Waals surface area contributed by atoms with Crippen LogP contribution in [0.5, 0.6) is 0 Å². The first-order valence-corrected chi connectivity index (χ1v) is 7.08. The van der Waals surface area contributed by atoms with E-state index in [2.05, 4.69) is 5.32 Å². The van der Waals surface area contributed by atoms with E-state index in [1.807, 2.05) is 0 Å². The summed E-state index contributed by atoms with van der Waals surface area (Å²) in [6.07, 6.45) is 0.908. The minimum absolute atomic E-state index is 0.109. The lowest BCUT2D eigenvalue weighted by Gasteiger charge is -2.08. The molecule has 0 saturated heterocycles. The third-order valence-corrected chi connectivity index (χ3v) is 3.63. The Hall–Kier alpha value is -0.420. The molecule has 0 bridgehead atoms. The van der Waals surface area contributed by atoms with E-state index in [1.54, 1.807) is 18.2 Å². The van der Waals surface area contributed by atoms with Gasteiger partial charge in [0.25, 0.3) is 0 Å². The Kier molecular flexibility index (Phi) is 6.73. The predicted octanol–water partition coefficient (Wildman–Crippen LogP) is 3.01. The van der Waals surface area contributed by atoms with Crippen molar-refractivity contribution in [1.82, 2.24) is 0 Å². The van der Waals surface area contributed by atoms with Gasteiger partial charge >= 0.3 is 0 Å². The highest BCUT2D eigenvalue weighted by molar-refractivity contribution is 7.99. The Labute approximate surface area is 115 Å². The number of nitrogens with two attached hydrogens (primary N) is 1. The lowest BCUT2D eigenvalue weighted by atomic mass is 10.3. The zero-order chi connectivity index (χ0) is 12.7. The molecular formula is C11H14Cl2N2OS. The van der Waals surface area contributed by atoms with E-state index in [0.717, 1.165) is 12.2 Å². The molecule has 94 valence electrons. The third-order valence-electron chi connectivity index (χ3n) is 1.95. The van der Waals surface area contributed by atoms with Crippen LogP contribution in [0.2, 0.25) is 10.0 Å². The number of carbonyl (C=O) groups is 1. The summed E-state index contributed by atoms with van der Waals surface area (Å²) >= 11 is 13.4. The average molecular weight is 293 g/mol. The number of nitrogens with one attached hydrogen (secondary N) is 1. The van der Waals surface area contributed by atoms with E-state index in [9.17, 15) is 4.79 Å². The molecule has 0 fully saturated rings. The summed E-state index contributed by atoms with van der Waals surface area (Å²) in [5.41, 5.74) is 5.83. The lowest BCUT2D eigenvalue weighted by Crippen LogP contribution is -2.15. The molecule has 0 atom stereocenters. The molecule has 6 heteroatoms. The molecule has 0 aliphatic rings. The number of thioether (sulfide) groups is 1. The van der Waals surface area contributed by atoms with Gasteiger partial charge in [-0.3, -0.25) is 4.79 Å². The fourth-order valence-electron chi connectivity index (χ4n) is 1.14. The molecule has 1 rings (SSSR count). The summed E-state index contributed by atoms with van der Waals surface area (Å²) < 4.78 is 0. The predicted molar refractivity (Wildman–Crippen MR) is 76.1 cm³/mol. The lowest BCUT2D eigenvalue weighted by molar-refractivity contribution is -0.113. The third kappa shape index (κ3) is 5.17. The van der Waals surface area contributed by atoms with Crippen LogP contribution in [-0.2, 0) is 4.79 Å². The van der Waals surface area contributed by atoms with Crippen molar-refractivity contribution in [3.63, 3.8) is 0 Å². The maximum absolute atomic E-state index is 11.6. The number of carbonyl (C=O) groups excluding carboxylic acids is 1. The molecule has 3 nitrogen and oxygen atoms in total. The fourth-order valence-corrected chi connectivity index (χ4v) is 2.41. The number of benzene rings is 1. The number of hydrogen-bond donors (Lipinski definition) is 2. The fraction of sp³-hybridized carbons (Fsp3) is 0.364. The molecule has 0 radical (unpaired) electrons. The van der Waals surface area contributed by atoms with Crippen LogP contribution in [0, 0.1) is 0 Å². The molecule has 0 spiro atoms. The maximum atomic E-state index is 11.6. The molecule has 3 N–H and O–H groups in total. The first-order valence-electron chi connectivity index (χ1n) is 5.17. The Balaban J connectivity index is 2.45. The second-order valence-corrected chi connectivity index (χ2v) is 5.26. The molecule has 0 saturated carbocycles. The number of halogens is 2. The smallest absolute Gasteiger partial charge is 0.234 e. The zero-order valence-electron chi connectivity index (χ0n) is 9.21. The van der Waals surface area contributed by atoms with Gasteiger partial charge < -0.3 is 11.1 Å². The van der Waals surface area contributed by atoms with Gasteiger partial charge in [0.15, 0.2) is 0 Å². The van der Waals surface area contributed by atoms with Gasteiger partial charge in [-0.15, -0.1) is 0 Å². The molecule has 0 aliphatic heterocycles.